The van der Waals surface area contributed by atoms with Gasteiger partial charge in [-0.05, 0) is 62.3 Å². The minimum atomic E-state index is 0.436. The largest absolute Gasteiger partial charge is 0.354 e. The summed E-state index contributed by atoms with van der Waals surface area (Å²) in [4.78, 5) is 14.5. The van der Waals surface area contributed by atoms with E-state index in [1.807, 2.05) is 23.1 Å². The zero-order valence-corrected chi connectivity index (χ0v) is 16.9. The Bertz CT molecular complexity index is 1120. The number of rotatable bonds is 5. The van der Waals surface area contributed by atoms with Crippen molar-refractivity contribution in [3.05, 3.63) is 53.2 Å². The van der Waals surface area contributed by atoms with Crippen LogP contribution in [0.2, 0.25) is 0 Å². The highest BCUT2D eigenvalue weighted by molar-refractivity contribution is 5.80. The third-order valence-corrected chi connectivity index (χ3v) is 6.59. The summed E-state index contributed by atoms with van der Waals surface area (Å²) in [6, 6.07) is 2.07. The van der Waals surface area contributed by atoms with E-state index in [4.69, 9.17) is 9.97 Å². The molecule has 0 spiro atoms. The number of hydrogen-bond donors (Lipinski definition) is 1. The first-order chi connectivity index (χ1) is 14.2. The molecule has 0 amide bonds. The van der Waals surface area contributed by atoms with E-state index in [1.54, 1.807) is 0 Å². The Hall–Kier alpha value is -2.76. The second-order valence-corrected chi connectivity index (χ2v) is 9.18. The van der Waals surface area contributed by atoms with Crippen molar-refractivity contribution >= 4 is 17.2 Å². The van der Waals surface area contributed by atoms with E-state index in [0.717, 1.165) is 59.9 Å². The van der Waals surface area contributed by atoms with Crippen molar-refractivity contribution in [2.75, 3.05) is 11.9 Å². The molecule has 148 valence electrons. The average molecular weight is 387 g/mol. The number of anilines is 1. The molecule has 0 bridgehead atoms. The lowest BCUT2D eigenvalue weighted by Crippen LogP contribution is -2.15. The molecule has 2 fully saturated rings. The molecule has 0 unspecified atom stereocenters. The zero-order valence-electron chi connectivity index (χ0n) is 16.9. The van der Waals surface area contributed by atoms with Crippen LogP contribution in [0.15, 0.2) is 30.7 Å². The Morgan fingerprint density at radius 1 is 1.21 bits per heavy atom. The molecule has 6 heteroatoms. The predicted molar refractivity (Wildman–Crippen MR) is 113 cm³/mol. The highest BCUT2D eigenvalue weighted by Gasteiger charge is 2.37. The molecule has 6 rings (SSSR count). The Balaban J connectivity index is 1.35. The van der Waals surface area contributed by atoms with Crippen molar-refractivity contribution in [3.63, 3.8) is 0 Å². The van der Waals surface area contributed by atoms with Crippen molar-refractivity contribution in [2.45, 2.75) is 57.8 Å². The maximum Gasteiger partial charge on any atom is 0.222 e. The molecular weight excluding hydrogens is 360 g/mol. The van der Waals surface area contributed by atoms with E-state index in [0.29, 0.717) is 11.3 Å². The first-order valence-electron chi connectivity index (χ1n) is 10.8. The van der Waals surface area contributed by atoms with Crippen molar-refractivity contribution in [3.8, 4) is 0 Å². The number of fused-ring (bicyclic) bond motifs is 2. The molecule has 3 aromatic heterocycles. The highest BCUT2D eigenvalue weighted by atomic mass is 15.2. The number of allylic oxidation sites excluding steroid dienone is 1. The molecule has 1 N–H and O–H groups in total. The standard InChI is InChI=1S/C23H26N6/c1-23(9-10-23)14-25-22-24-12-18-16(4-2-3-5-19(18)28-22)20-8-11-29-21(27-20)17(13-26-29)15-6-7-15/h4,8,11-13,15H,2-3,5-7,9-10,14H2,1H3,(H,24,25,28). The lowest BCUT2D eigenvalue weighted by atomic mass is 10.0. The third-order valence-electron chi connectivity index (χ3n) is 6.59. The van der Waals surface area contributed by atoms with Crippen LogP contribution in [0.25, 0.3) is 11.2 Å². The van der Waals surface area contributed by atoms with E-state index in [9.17, 15) is 0 Å². The molecule has 2 saturated carbocycles. The molecule has 0 aromatic carbocycles. The molecule has 6 nitrogen and oxygen atoms in total. The fraction of sp³-hybridized carbons (Fsp3) is 0.478. The van der Waals surface area contributed by atoms with Gasteiger partial charge in [-0.25, -0.2) is 19.5 Å². The Labute approximate surface area is 170 Å². The van der Waals surface area contributed by atoms with Crippen LogP contribution in [0.5, 0.6) is 0 Å². The van der Waals surface area contributed by atoms with Gasteiger partial charge in [-0.3, -0.25) is 0 Å². The van der Waals surface area contributed by atoms with Crippen LogP contribution in [-0.2, 0) is 6.42 Å². The van der Waals surface area contributed by atoms with Gasteiger partial charge in [0.1, 0.15) is 0 Å². The maximum absolute atomic E-state index is 5.02. The quantitative estimate of drug-likeness (QED) is 0.705. The van der Waals surface area contributed by atoms with Crippen LogP contribution in [0.1, 0.15) is 73.9 Å². The molecule has 29 heavy (non-hydrogen) atoms. The van der Waals surface area contributed by atoms with Crippen molar-refractivity contribution in [1.82, 2.24) is 24.6 Å². The Morgan fingerprint density at radius 2 is 2.10 bits per heavy atom. The van der Waals surface area contributed by atoms with Crippen LogP contribution < -0.4 is 5.32 Å². The minimum Gasteiger partial charge on any atom is -0.354 e. The van der Waals surface area contributed by atoms with Crippen LogP contribution >= 0.6 is 0 Å². The highest BCUT2D eigenvalue weighted by Crippen LogP contribution is 2.44. The second-order valence-electron chi connectivity index (χ2n) is 9.18. The topological polar surface area (TPSA) is 68.0 Å². The van der Waals surface area contributed by atoms with Gasteiger partial charge in [-0.15, -0.1) is 0 Å². The number of nitrogens with zero attached hydrogens (tertiary/aromatic N) is 5. The molecular formula is C23H26N6. The summed E-state index contributed by atoms with van der Waals surface area (Å²) in [6.45, 7) is 3.27. The van der Waals surface area contributed by atoms with Gasteiger partial charge in [-0.2, -0.15) is 5.10 Å². The van der Waals surface area contributed by atoms with Crippen LogP contribution in [0, 0.1) is 5.41 Å². The van der Waals surface area contributed by atoms with Crippen molar-refractivity contribution in [1.29, 1.82) is 0 Å². The summed E-state index contributed by atoms with van der Waals surface area (Å²) < 4.78 is 1.90. The molecule has 3 aliphatic carbocycles. The second kappa shape index (κ2) is 6.37. The molecule has 0 aliphatic heterocycles. The number of aryl methyl sites for hydroxylation is 1. The van der Waals surface area contributed by atoms with Crippen molar-refractivity contribution in [2.24, 2.45) is 5.41 Å². The summed E-state index contributed by atoms with van der Waals surface area (Å²) in [5.41, 5.74) is 7.12. The number of aromatic nitrogens is 5. The van der Waals surface area contributed by atoms with E-state index in [-0.39, 0.29) is 0 Å². The van der Waals surface area contributed by atoms with E-state index >= 15 is 0 Å². The van der Waals surface area contributed by atoms with Crippen LogP contribution in [-0.4, -0.2) is 31.1 Å². The normalized spacial score (nSPS) is 20.1. The zero-order chi connectivity index (χ0) is 19.4. The molecule has 0 radical (unpaired) electrons. The minimum absolute atomic E-state index is 0.436. The average Bonchev–Trinajstić information content (AvgIpc) is 3.66. The number of nitrogens with one attached hydrogen (secondary N) is 1. The third kappa shape index (κ3) is 3.20. The Morgan fingerprint density at radius 3 is 2.93 bits per heavy atom. The van der Waals surface area contributed by atoms with Gasteiger partial charge in [0.15, 0.2) is 5.65 Å². The molecule has 3 aliphatic rings. The fourth-order valence-corrected chi connectivity index (χ4v) is 4.19. The van der Waals surface area contributed by atoms with Gasteiger partial charge in [-0.1, -0.05) is 13.0 Å². The summed E-state index contributed by atoms with van der Waals surface area (Å²) in [5.74, 6) is 1.39. The van der Waals surface area contributed by atoms with Crippen molar-refractivity contribution < 1.29 is 0 Å². The smallest absolute Gasteiger partial charge is 0.222 e. The van der Waals surface area contributed by atoms with Crippen LogP contribution in [0.4, 0.5) is 5.95 Å². The predicted octanol–water partition coefficient (Wildman–Crippen LogP) is 4.38. The molecule has 3 heterocycles. The van der Waals surface area contributed by atoms with E-state index in [2.05, 4.69) is 34.5 Å². The van der Waals surface area contributed by atoms with Gasteiger partial charge in [0.25, 0.3) is 0 Å². The summed E-state index contributed by atoms with van der Waals surface area (Å²) >= 11 is 0. The summed E-state index contributed by atoms with van der Waals surface area (Å²) in [5, 5.41) is 7.94. The van der Waals surface area contributed by atoms with Crippen LogP contribution in [0.3, 0.4) is 0 Å². The van der Waals surface area contributed by atoms with E-state index < -0.39 is 0 Å². The molecule has 0 atom stereocenters. The maximum atomic E-state index is 5.02. The molecule has 0 saturated heterocycles. The summed E-state index contributed by atoms with van der Waals surface area (Å²) in [7, 11) is 0. The summed E-state index contributed by atoms with van der Waals surface area (Å²) in [6.07, 6.45) is 16.5. The number of hydrogen-bond acceptors (Lipinski definition) is 5. The Kier molecular flexibility index (Phi) is 3.76. The first-order valence-corrected chi connectivity index (χ1v) is 10.8. The van der Waals surface area contributed by atoms with Gasteiger partial charge >= 0.3 is 0 Å². The van der Waals surface area contributed by atoms with Gasteiger partial charge in [0.05, 0.1) is 17.6 Å². The molecule has 3 aromatic rings. The van der Waals surface area contributed by atoms with E-state index in [1.165, 1.54) is 31.2 Å². The lowest BCUT2D eigenvalue weighted by molar-refractivity contribution is 0.607. The van der Waals surface area contributed by atoms with Gasteiger partial charge in [0.2, 0.25) is 5.95 Å². The SMILES string of the molecule is CC1(CNc2ncc3c(n2)CCCC=C3c2ccn3ncc(C4CC4)c3n2)CC1. The van der Waals surface area contributed by atoms with Gasteiger partial charge < -0.3 is 5.32 Å². The first kappa shape index (κ1) is 17.1. The fourth-order valence-electron chi connectivity index (χ4n) is 4.19. The monoisotopic (exact) mass is 386 g/mol. The van der Waals surface area contributed by atoms with Gasteiger partial charge in [0, 0.05) is 35.6 Å². The lowest BCUT2D eigenvalue weighted by Gasteiger charge is -2.14.